The molecule has 3 nitrogen and oxygen atoms in total. The lowest BCUT2D eigenvalue weighted by Gasteiger charge is -2.16. The fourth-order valence-corrected chi connectivity index (χ4v) is 1.64. The third kappa shape index (κ3) is 5.50. The number of alkyl halides is 3. The summed E-state index contributed by atoms with van der Waals surface area (Å²) >= 11 is 3.34. The summed E-state index contributed by atoms with van der Waals surface area (Å²) in [6.07, 6.45) is -4.40. The van der Waals surface area contributed by atoms with Crippen LogP contribution in [0.5, 0.6) is 0 Å². The summed E-state index contributed by atoms with van der Waals surface area (Å²) in [6, 6.07) is 4.60. The van der Waals surface area contributed by atoms with Crippen molar-refractivity contribution in [3.63, 3.8) is 0 Å². The summed E-state index contributed by atoms with van der Waals surface area (Å²) in [5.74, 6) is -0.696. The van der Waals surface area contributed by atoms with E-state index in [4.69, 9.17) is 0 Å². The number of hydrogen-bond donors (Lipinski definition) is 2. The minimum atomic E-state index is -4.40. The quantitative estimate of drug-likeness (QED) is 0.884. The second-order valence-corrected chi connectivity index (χ2v) is 5.02. The van der Waals surface area contributed by atoms with Crippen LogP contribution in [0.3, 0.4) is 0 Å². The van der Waals surface area contributed by atoms with Gasteiger partial charge in [-0.1, -0.05) is 15.9 Å². The molecule has 0 heterocycles. The average molecular weight is 339 g/mol. The number of anilines is 1. The summed E-state index contributed by atoms with van der Waals surface area (Å²) in [5.41, 5.74) is 1.64. The molecule has 0 saturated carbocycles. The molecule has 1 rings (SSSR count). The van der Waals surface area contributed by atoms with Crippen LogP contribution in [0.25, 0.3) is 0 Å². The van der Waals surface area contributed by atoms with E-state index in [0.29, 0.717) is 5.69 Å². The van der Waals surface area contributed by atoms with Crippen LogP contribution in [0.15, 0.2) is 22.7 Å². The van der Waals surface area contributed by atoms with Crippen LogP contribution in [0, 0.1) is 6.92 Å². The number of hydrogen-bond acceptors (Lipinski definition) is 2. The van der Waals surface area contributed by atoms with E-state index < -0.39 is 24.7 Å². The smallest absolute Gasteiger partial charge is 0.374 e. The summed E-state index contributed by atoms with van der Waals surface area (Å²) in [5, 5.41) is 4.68. The zero-order chi connectivity index (χ0) is 14.6. The molecule has 0 aliphatic heterocycles. The fraction of sp³-hybridized carbons (Fsp3) is 0.417. The van der Waals surface area contributed by atoms with Crippen LogP contribution in [0.1, 0.15) is 12.5 Å². The molecule has 2 N–H and O–H groups in total. The van der Waals surface area contributed by atoms with Crippen molar-refractivity contribution < 1.29 is 18.0 Å². The van der Waals surface area contributed by atoms with Crippen molar-refractivity contribution in [2.24, 2.45) is 0 Å². The van der Waals surface area contributed by atoms with Crippen LogP contribution in [-0.4, -0.2) is 24.7 Å². The zero-order valence-corrected chi connectivity index (χ0v) is 12.0. The van der Waals surface area contributed by atoms with Crippen molar-refractivity contribution >= 4 is 27.5 Å². The lowest BCUT2D eigenvalue weighted by Crippen LogP contribution is -2.42. The first-order valence-electron chi connectivity index (χ1n) is 5.56. The van der Waals surface area contributed by atoms with Crippen molar-refractivity contribution in [1.82, 2.24) is 5.32 Å². The number of nitrogens with one attached hydrogen (secondary N) is 2. The van der Waals surface area contributed by atoms with Gasteiger partial charge in [-0.3, -0.25) is 4.79 Å². The molecule has 1 aromatic rings. The van der Waals surface area contributed by atoms with E-state index >= 15 is 0 Å². The van der Waals surface area contributed by atoms with Gasteiger partial charge in [-0.25, -0.2) is 0 Å². The van der Waals surface area contributed by atoms with E-state index in [2.05, 4.69) is 21.2 Å². The maximum absolute atomic E-state index is 12.0. The van der Waals surface area contributed by atoms with E-state index in [0.717, 1.165) is 10.0 Å². The lowest BCUT2D eigenvalue weighted by atomic mass is 10.2. The molecular formula is C12H14BrF3N2O. The van der Waals surface area contributed by atoms with Gasteiger partial charge in [0.25, 0.3) is 0 Å². The van der Waals surface area contributed by atoms with E-state index in [-0.39, 0.29) is 0 Å². The first-order valence-corrected chi connectivity index (χ1v) is 6.35. The number of amides is 1. The third-order valence-electron chi connectivity index (χ3n) is 2.40. The summed E-state index contributed by atoms with van der Waals surface area (Å²) < 4.78 is 36.8. The van der Waals surface area contributed by atoms with E-state index in [9.17, 15) is 18.0 Å². The Morgan fingerprint density at radius 1 is 1.42 bits per heavy atom. The predicted octanol–water partition coefficient (Wildman–Crippen LogP) is 3.24. The minimum Gasteiger partial charge on any atom is -0.374 e. The van der Waals surface area contributed by atoms with Gasteiger partial charge in [0.15, 0.2) is 0 Å². The molecule has 0 saturated heterocycles. The van der Waals surface area contributed by atoms with Gasteiger partial charge in [0.1, 0.15) is 12.6 Å². The van der Waals surface area contributed by atoms with E-state index in [1.54, 1.807) is 18.2 Å². The SMILES string of the molecule is Cc1cc(NC(C)C(=O)NCC(F)(F)F)ccc1Br. The van der Waals surface area contributed by atoms with Gasteiger partial charge in [-0.15, -0.1) is 0 Å². The fourth-order valence-electron chi connectivity index (χ4n) is 1.39. The van der Waals surface area contributed by atoms with Crippen molar-refractivity contribution in [3.8, 4) is 0 Å². The van der Waals surface area contributed by atoms with Crippen LogP contribution in [0.2, 0.25) is 0 Å². The van der Waals surface area contributed by atoms with Gasteiger partial charge in [-0.05, 0) is 37.6 Å². The number of halogens is 4. The molecule has 1 unspecified atom stereocenters. The Labute approximate surface area is 117 Å². The largest absolute Gasteiger partial charge is 0.405 e. The van der Waals surface area contributed by atoms with E-state index in [1.807, 2.05) is 12.2 Å². The van der Waals surface area contributed by atoms with Crippen molar-refractivity contribution in [2.75, 3.05) is 11.9 Å². The predicted molar refractivity (Wildman–Crippen MR) is 71.0 cm³/mol. The topological polar surface area (TPSA) is 41.1 Å². The number of carbonyl (C=O) groups is 1. The lowest BCUT2D eigenvalue weighted by molar-refractivity contribution is -0.138. The van der Waals surface area contributed by atoms with Crippen LogP contribution in [0.4, 0.5) is 18.9 Å². The van der Waals surface area contributed by atoms with Gasteiger partial charge >= 0.3 is 6.18 Å². The molecule has 0 aliphatic carbocycles. The third-order valence-corrected chi connectivity index (χ3v) is 3.29. The number of aryl methyl sites for hydroxylation is 1. The van der Waals surface area contributed by atoms with Crippen LogP contribution in [-0.2, 0) is 4.79 Å². The first-order chi connectivity index (χ1) is 8.69. The normalized spacial score (nSPS) is 12.9. The van der Waals surface area contributed by atoms with Crippen molar-refractivity contribution in [3.05, 3.63) is 28.2 Å². The molecule has 0 bridgehead atoms. The van der Waals surface area contributed by atoms with Gasteiger partial charge in [0.2, 0.25) is 5.91 Å². The number of benzene rings is 1. The molecule has 0 aliphatic rings. The second-order valence-electron chi connectivity index (χ2n) is 4.16. The molecule has 19 heavy (non-hydrogen) atoms. The first kappa shape index (κ1) is 15.8. The number of carbonyl (C=O) groups excluding carboxylic acids is 1. The van der Waals surface area contributed by atoms with Gasteiger partial charge in [-0.2, -0.15) is 13.2 Å². The molecule has 1 atom stereocenters. The van der Waals surface area contributed by atoms with Crippen molar-refractivity contribution in [2.45, 2.75) is 26.1 Å². The minimum absolute atomic E-state index is 0.676. The highest BCUT2D eigenvalue weighted by atomic mass is 79.9. The Balaban J connectivity index is 2.56. The summed E-state index contributed by atoms with van der Waals surface area (Å²) in [4.78, 5) is 11.5. The highest BCUT2D eigenvalue weighted by Gasteiger charge is 2.28. The molecule has 1 amide bonds. The maximum atomic E-state index is 12.0. The summed E-state index contributed by atoms with van der Waals surface area (Å²) in [7, 11) is 0. The van der Waals surface area contributed by atoms with E-state index in [1.165, 1.54) is 6.92 Å². The standard InChI is InChI=1S/C12H14BrF3N2O/c1-7-5-9(3-4-10(7)13)18-8(2)11(19)17-6-12(14,15)16/h3-5,8,18H,6H2,1-2H3,(H,17,19). The Hall–Kier alpha value is -1.24. The maximum Gasteiger partial charge on any atom is 0.405 e. The highest BCUT2D eigenvalue weighted by molar-refractivity contribution is 9.10. The monoisotopic (exact) mass is 338 g/mol. The zero-order valence-electron chi connectivity index (χ0n) is 10.4. The molecular weight excluding hydrogens is 325 g/mol. The van der Waals surface area contributed by atoms with Crippen LogP contribution < -0.4 is 10.6 Å². The molecule has 0 spiro atoms. The van der Waals surface area contributed by atoms with Gasteiger partial charge < -0.3 is 10.6 Å². The second kappa shape index (κ2) is 6.27. The van der Waals surface area contributed by atoms with Crippen LogP contribution >= 0.6 is 15.9 Å². The summed E-state index contributed by atoms with van der Waals surface area (Å²) in [6.45, 7) is 2.06. The molecule has 7 heteroatoms. The molecule has 1 aromatic carbocycles. The highest BCUT2D eigenvalue weighted by Crippen LogP contribution is 2.20. The van der Waals surface area contributed by atoms with Crippen molar-refractivity contribution in [1.29, 1.82) is 0 Å². The molecule has 0 radical (unpaired) electrons. The average Bonchev–Trinajstić information content (AvgIpc) is 2.29. The Morgan fingerprint density at radius 2 is 2.05 bits per heavy atom. The molecule has 0 aromatic heterocycles. The van der Waals surface area contributed by atoms with Gasteiger partial charge in [0.05, 0.1) is 0 Å². The Kier molecular flexibility index (Phi) is 5.22. The number of rotatable bonds is 4. The van der Waals surface area contributed by atoms with Gasteiger partial charge in [0, 0.05) is 10.2 Å². The Bertz CT molecular complexity index is 463. The molecule has 106 valence electrons. The molecule has 0 fully saturated rings. The Morgan fingerprint density at radius 3 is 2.58 bits per heavy atom.